The molecule has 2 rings (SSSR count). The Hall–Kier alpha value is -1.42. The van der Waals surface area contributed by atoms with Crippen LogP contribution in [0.1, 0.15) is 36.6 Å². The van der Waals surface area contributed by atoms with E-state index in [-0.39, 0.29) is 5.91 Å². The summed E-state index contributed by atoms with van der Waals surface area (Å²) in [5.41, 5.74) is 0.660. The lowest BCUT2D eigenvalue weighted by Crippen LogP contribution is -2.34. The van der Waals surface area contributed by atoms with Crippen LogP contribution in [0.3, 0.4) is 0 Å². The average molecular weight is 312 g/mol. The Morgan fingerprint density at radius 2 is 1.81 bits per heavy atom. The molecule has 0 spiro atoms. The lowest BCUT2D eigenvalue weighted by atomic mass is 10.1. The van der Waals surface area contributed by atoms with E-state index in [1.165, 1.54) is 12.8 Å². The molecule has 5 heteroatoms. The zero-order valence-electron chi connectivity index (χ0n) is 12.6. The van der Waals surface area contributed by atoms with Crippen molar-refractivity contribution in [2.75, 3.05) is 27.3 Å². The molecule has 0 bridgehead atoms. The van der Waals surface area contributed by atoms with Crippen LogP contribution in [-0.2, 0) is 4.79 Å². The van der Waals surface area contributed by atoms with Gasteiger partial charge in [0.05, 0.1) is 14.2 Å². The molecule has 1 unspecified atom stereocenters. The van der Waals surface area contributed by atoms with Gasteiger partial charge in [-0.1, -0.05) is 12.8 Å². The molecule has 1 atom stereocenters. The molecule has 1 amide bonds. The Balaban J connectivity index is 2.21. The molecule has 1 heterocycles. The molecular formula is C16H22ClNO3. The van der Waals surface area contributed by atoms with Gasteiger partial charge in [-0.3, -0.25) is 4.79 Å². The van der Waals surface area contributed by atoms with Crippen molar-refractivity contribution in [3.05, 3.63) is 23.8 Å². The normalized spacial score (nSPS) is 17.0. The van der Waals surface area contributed by atoms with Gasteiger partial charge in [0.25, 0.3) is 0 Å². The first kappa shape index (κ1) is 16.0. The monoisotopic (exact) mass is 311 g/mol. The Labute approximate surface area is 131 Å². The topological polar surface area (TPSA) is 38.8 Å². The highest BCUT2D eigenvalue weighted by atomic mass is 35.5. The van der Waals surface area contributed by atoms with E-state index in [0.29, 0.717) is 17.1 Å². The van der Waals surface area contributed by atoms with Crippen molar-refractivity contribution < 1.29 is 14.3 Å². The number of hydrogen-bond acceptors (Lipinski definition) is 3. The summed E-state index contributed by atoms with van der Waals surface area (Å²) in [6.45, 7) is 1.57. The molecule has 0 saturated carbocycles. The molecule has 0 aromatic heterocycles. The van der Waals surface area contributed by atoms with Gasteiger partial charge in [0, 0.05) is 18.7 Å². The summed E-state index contributed by atoms with van der Waals surface area (Å²) in [4.78, 5) is 14.5. The fourth-order valence-corrected chi connectivity index (χ4v) is 2.93. The number of benzene rings is 1. The van der Waals surface area contributed by atoms with E-state index in [2.05, 4.69) is 0 Å². The van der Waals surface area contributed by atoms with Crippen molar-refractivity contribution in [2.24, 2.45) is 0 Å². The van der Waals surface area contributed by atoms with Gasteiger partial charge in [0.2, 0.25) is 5.91 Å². The van der Waals surface area contributed by atoms with Crippen molar-refractivity contribution in [3.8, 4) is 11.5 Å². The molecule has 116 valence electrons. The molecule has 1 fully saturated rings. The van der Waals surface area contributed by atoms with Gasteiger partial charge < -0.3 is 14.4 Å². The van der Waals surface area contributed by atoms with Gasteiger partial charge in [0.15, 0.2) is 0 Å². The third kappa shape index (κ3) is 3.82. The minimum Gasteiger partial charge on any atom is -0.497 e. The van der Waals surface area contributed by atoms with Gasteiger partial charge in [-0.25, -0.2) is 0 Å². The van der Waals surface area contributed by atoms with E-state index in [0.717, 1.165) is 25.9 Å². The molecule has 1 aromatic carbocycles. The Kier molecular flexibility index (Phi) is 5.74. The number of carbonyl (C=O) groups excluding carboxylic acids is 1. The molecular weight excluding hydrogens is 290 g/mol. The molecule has 0 N–H and O–H groups in total. The van der Waals surface area contributed by atoms with Crippen LogP contribution in [0.15, 0.2) is 18.2 Å². The molecule has 4 nitrogen and oxygen atoms in total. The molecule has 1 aliphatic rings. The molecule has 1 aliphatic heterocycles. The predicted molar refractivity (Wildman–Crippen MR) is 83.2 cm³/mol. The first-order valence-electron chi connectivity index (χ1n) is 7.32. The lowest BCUT2D eigenvalue weighted by Gasteiger charge is -2.24. The second-order valence-electron chi connectivity index (χ2n) is 5.21. The fraction of sp³-hybridized carbons (Fsp3) is 0.562. The van der Waals surface area contributed by atoms with E-state index in [1.54, 1.807) is 32.4 Å². The second kappa shape index (κ2) is 7.55. The van der Waals surface area contributed by atoms with Crippen molar-refractivity contribution in [3.63, 3.8) is 0 Å². The van der Waals surface area contributed by atoms with E-state index < -0.39 is 5.38 Å². The first-order valence-corrected chi connectivity index (χ1v) is 7.75. The van der Waals surface area contributed by atoms with Gasteiger partial charge in [-0.2, -0.15) is 0 Å². The molecule has 0 radical (unpaired) electrons. The number of amides is 1. The largest absolute Gasteiger partial charge is 0.497 e. The third-order valence-corrected chi connectivity index (χ3v) is 4.27. The predicted octanol–water partition coefficient (Wildman–Crippen LogP) is 3.39. The fourth-order valence-electron chi connectivity index (χ4n) is 2.62. The molecule has 21 heavy (non-hydrogen) atoms. The number of carbonyl (C=O) groups is 1. The number of hydrogen-bond donors (Lipinski definition) is 0. The maximum atomic E-state index is 12.6. The van der Waals surface area contributed by atoms with E-state index >= 15 is 0 Å². The summed E-state index contributed by atoms with van der Waals surface area (Å²) >= 11 is 6.43. The summed E-state index contributed by atoms with van der Waals surface area (Å²) in [6, 6.07) is 5.34. The van der Waals surface area contributed by atoms with Gasteiger partial charge in [-0.05, 0) is 31.0 Å². The van der Waals surface area contributed by atoms with E-state index in [9.17, 15) is 4.79 Å². The van der Waals surface area contributed by atoms with Crippen molar-refractivity contribution in [1.82, 2.24) is 4.90 Å². The van der Waals surface area contributed by atoms with Crippen LogP contribution < -0.4 is 9.47 Å². The van der Waals surface area contributed by atoms with Crippen LogP contribution in [0.2, 0.25) is 0 Å². The van der Waals surface area contributed by atoms with Crippen LogP contribution >= 0.6 is 11.6 Å². The second-order valence-corrected chi connectivity index (χ2v) is 5.65. The van der Waals surface area contributed by atoms with Crippen molar-refractivity contribution >= 4 is 17.5 Å². The summed E-state index contributed by atoms with van der Waals surface area (Å²) < 4.78 is 10.5. The number of alkyl halides is 1. The van der Waals surface area contributed by atoms with Crippen molar-refractivity contribution in [2.45, 2.75) is 31.1 Å². The maximum Gasteiger partial charge on any atom is 0.245 e. The standard InChI is InChI=1S/C16H22ClNO3/c1-20-12-7-8-14(21-2)13(11-12)15(17)16(19)18-9-5-3-4-6-10-18/h7-8,11,15H,3-6,9-10H2,1-2H3. The highest BCUT2D eigenvalue weighted by Gasteiger charge is 2.27. The number of nitrogens with zero attached hydrogens (tertiary/aromatic N) is 1. The minimum absolute atomic E-state index is 0.0508. The summed E-state index contributed by atoms with van der Waals surface area (Å²) in [7, 11) is 3.16. The van der Waals surface area contributed by atoms with Gasteiger partial charge >= 0.3 is 0 Å². The summed E-state index contributed by atoms with van der Waals surface area (Å²) in [5, 5.41) is -0.742. The SMILES string of the molecule is COc1ccc(OC)c(C(Cl)C(=O)N2CCCCCC2)c1. The number of methoxy groups -OCH3 is 2. The van der Waals surface area contributed by atoms with Crippen LogP contribution in [0.5, 0.6) is 11.5 Å². The third-order valence-electron chi connectivity index (χ3n) is 3.84. The maximum absolute atomic E-state index is 12.6. The molecule has 1 aromatic rings. The number of ether oxygens (including phenoxy) is 2. The van der Waals surface area contributed by atoms with Crippen LogP contribution in [0.4, 0.5) is 0 Å². The van der Waals surface area contributed by atoms with Crippen LogP contribution in [-0.4, -0.2) is 38.1 Å². The highest BCUT2D eigenvalue weighted by molar-refractivity contribution is 6.31. The number of rotatable bonds is 4. The number of halogens is 1. The van der Waals surface area contributed by atoms with Gasteiger partial charge in [-0.15, -0.1) is 11.6 Å². The summed E-state index contributed by atoms with van der Waals surface area (Å²) in [5.74, 6) is 1.23. The number of likely N-dealkylation sites (tertiary alicyclic amines) is 1. The van der Waals surface area contributed by atoms with Crippen LogP contribution in [0, 0.1) is 0 Å². The molecule has 1 saturated heterocycles. The van der Waals surface area contributed by atoms with Crippen LogP contribution in [0.25, 0.3) is 0 Å². The Morgan fingerprint density at radius 1 is 1.14 bits per heavy atom. The first-order chi connectivity index (χ1) is 10.2. The Bertz CT molecular complexity index is 484. The summed E-state index contributed by atoms with van der Waals surface area (Å²) in [6.07, 6.45) is 4.45. The smallest absolute Gasteiger partial charge is 0.245 e. The zero-order valence-corrected chi connectivity index (χ0v) is 13.4. The quantitative estimate of drug-likeness (QED) is 0.800. The highest BCUT2D eigenvalue weighted by Crippen LogP contribution is 2.34. The molecule has 0 aliphatic carbocycles. The zero-order chi connectivity index (χ0) is 15.2. The van der Waals surface area contributed by atoms with E-state index in [4.69, 9.17) is 21.1 Å². The lowest BCUT2D eigenvalue weighted by molar-refractivity contribution is -0.130. The average Bonchev–Trinajstić information content (AvgIpc) is 2.82. The van der Waals surface area contributed by atoms with Crippen molar-refractivity contribution in [1.29, 1.82) is 0 Å². The van der Waals surface area contributed by atoms with E-state index in [1.807, 2.05) is 4.90 Å². The minimum atomic E-state index is -0.742. The Morgan fingerprint density at radius 3 is 2.38 bits per heavy atom. The van der Waals surface area contributed by atoms with Gasteiger partial charge in [0.1, 0.15) is 16.9 Å².